The Hall–Kier alpha value is -4.49. The van der Waals surface area contributed by atoms with E-state index in [2.05, 4.69) is 5.32 Å². The van der Waals surface area contributed by atoms with Crippen molar-refractivity contribution in [1.29, 1.82) is 0 Å². The highest BCUT2D eigenvalue weighted by Crippen LogP contribution is 2.34. The number of carboxylic acids is 1. The number of hydrogen-bond acceptors (Lipinski definition) is 4. The highest BCUT2D eigenvalue weighted by Gasteiger charge is 2.31. The molecular weight excluding hydrogens is 507 g/mol. The summed E-state index contributed by atoms with van der Waals surface area (Å²) in [6.07, 6.45) is 1.84. The van der Waals surface area contributed by atoms with E-state index in [1.807, 2.05) is 72.8 Å². The molecule has 40 heavy (non-hydrogen) atoms. The second-order valence-electron chi connectivity index (χ2n) is 10.3. The molecule has 4 aromatic carbocycles. The second-order valence-corrected chi connectivity index (χ2v) is 10.3. The fraction of sp³-hybridized carbons (Fsp3) is 0.212. The van der Waals surface area contributed by atoms with Gasteiger partial charge >= 0.3 is 11.9 Å². The number of carboxylic acid groups (broad SMARTS) is 1. The molecule has 0 spiro atoms. The van der Waals surface area contributed by atoms with E-state index in [-0.39, 0.29) is 31.0 Å². The third-order valence-corrected chi connectivity index (χ3v) is 7.72. The van der Waals surface area contributed by atoms with Crippen LogP contribution in [0.1, 0.15) is 34.8 Å². The third-order valence-electron chi connectivity index (χ3n) is 7.72. The van der Waals surface area contributed by atoms with Crippen molar-refractivity contribution < 1.29 is 23.8 Å². The number of nitrogens with zero attached hydrogens (tertiary/aromatic N) is 1. The van der Waals surface area contributed by atoms with Crippen molar-refractivity contribution in [3.05, 3.63) is 119 Å². The van der Waals surface area contributed by atoms with Crippen LogP contribution in [0, 0.1) is 5.82 Å². The third kappa shape index (κ3) is 5.08. The lowest BCUT2D eigenvalue weighted by Gasteiger charge is -2.29. The van der Waals surface area contributed by atoms with Crippen molar-refractivity contribution >= 4 is 33.6 Å². The van der Waals surface area contributed by atoms with Gasteiger partial charge in [0.15, 0.2) is 0 Å². The minimum Gasteiger partial charge on any atom is -0.480 e. The van der Waals surface area contributed by atoms with Crippen LogP contribution >= 0.6 is 0 Å². The fourth-order valence-electron chi connectivity index (χ4n) is 5.91. The first kappa shape index (κ1) is 25.8. The van der Waals surface area contributed by atoms with Crippen LogP contribution < -0.4 is 5.32 Å². The van der Waals surface area contributed by atoms with E-state index in [1.54, 1.807) is 10.6 Å². The molecule has 7 heteroatoms. The molecule has 1 aromatic heterocycles. The Kier molecular flexibility index (Phi) is 7.05. The highest BCUT2D eigenvalue weighted by atomic mass is 19.1. The van der Waals surface area contributed by atoms with Crippen LogP contribution in [0.3, 0.4) is 0 Å². The van der Waals surface area contributed by atoms with Gasteiger partial charge in [-0.3, -0.25) is 10.1 Å². The number of carbonyl (C=O) groups is 2. The first-order chi connectivity index (χ1) is 19.5. The van der Waals surface area contributed by atoms with Crippen molar-refractivity contribution in [2.45, 2.75) is 44.5 Å². The minimum atomic E-state index is -0.943. The Balaban J connectivity index is 1.33. The predicted molar refractivity (Wildman–Crippen MR) is 151 cm³/mol. The molecule has 0 amide bonds. The van der Waals surface area contributed by atoms with Gasteiger partial charge in [0, 0.05) is 22.6 Å². The number of esters is 1. The summed E-state index contributed by atoms with van der Waals surface area (Å²) >= 11 is 0. The fourth-order valence-corrected chi connectivity index (χ4v) is 5.91. The van der Waals surface area contributed by atoms with E-state index in [1.165, 1.54) is 12.1 Å². The molecule has 202 valence electrons. The smallest absolute Gasteiger partial charge is 0.328 e. The number of halogens is 1. The van der Waals surface area contributed by atoms with Crippen LogP contribution in [-0.2, 0) is 40.3 Å². The average Bonchev–Trinajstić information content (AvgIpc) is 3.26. The van der Waals surface area contributed by atoms with Crippen molar-refractivity contribution in [3.63, 3.8) is 0 Å². The lowest BCUT2D eigenvalue weighted by Crippen LogP contribution is -2.41. The van der Waals surface area contributed by atoms with Crippen LogP contribution in [-0.4, -0.2) is 27.7 Å². The zero-order valence-electron chi connectivity index (χ0n) is 21.8. The Morgan fingerprint density at radius 3 is 2.58 bits per heavy atom. The van der Waals surface area contributed by atoms with E-state index >= 15 is 0 Å². The zero-order valence-corrected chi connectivity index (χ0v) is 21.8. The normalized spacial score (nSPS) is 15.6. The quantitative estimate of drug-likeness (QED) is 0.240. The lowest BCUT2D eigenvalue weighted by molar-refractivity contribution is -0.148. The summed E-state index contributed by atoms with van der Waals surface area (Å²) < 4.78 is 21.9. The number of aromatic nitrogens is 1. The van der Waals surface area contributed by atoms with Crippen LogP contribution in [0.4, 0.5) is 4.39 Å². The zero-order chi connectivity index (χ0) is 27.6. The van der Waals surface area contributed by atoms with Gasteiger partial charge in [-0.05, 0) is 64.9 Å². The molecule has 1 aliphatic carbocycles. The number of carbonyl (C=O) groups excluding carboxylic acids is 1. The van der Waals surface area contributed by atoms with Crippen LogP contribution in [0.15, 0.2) is 91.0 Å². The maximum Gasteiger partial charge on any atom is 0.328 e. The molecule has 2 atom stereocenters. The summed E-state index contributed by atoms with van der Waals surface area (Å²) in [7, 11) is 0. The number of aliphatic carboxylic acids is 1. The average molecular weight is 537 g/mol. The number of hydrogen-bond donors (Lipinski definition) is 2. The van der Waals surface area contributed by atoms with Gasteiger partial charge in [-0.25, -0.2) is 9.18 Å². The summed E-state index contributed by atoms with van der Waals surface area (Å²) in [6, 6.07) is 27.1. The van der Waals surface area contributed by atoms with Gasteiger partial charge in [0.2, 0.25) is 0 Å². The van der Waals surface area contributed by atoms with Gasteiger partial charge in [0.1, 0.15) is 25.0 Å². The largest absolute Gasteiger partial charge is 0.480 e. The molecule has 0 saturated heterocycles. The minimum absolute atomic E-state index is 0.104. The van der Waals surface area contributed by atoms with E-state index < -0.39 is 12.0 Å². The maximum atomic E-state index is 14.3. The number of nitrogens with one attached hydrogen (secondary N) is 1. The molecule has 6 rings (SSSR count). The van der Waals surface area contributed by atoms with Crippen LogP contribution in [0.5, 0.6) is 0 Å². The van der Waals surface area contributed by atoms with E-state index in [4.69, 9.17) is 4.74 Å². The maximum absolute atomic E-state index is 14.3. The molecule has 0 radical (unpaired) electrons. The number of benzene rings is 4. The molecule has 5 aromatic rings. The second kappa shape index (κ2) is 10.9. The number of fused-ring (bicyclic) bond motifs is 4. The van der Waals surface area contributed by atoms with Crippen molar-refractivity contribution in [1.82, 2.24) is 9.88 Å². The molecule has 1 heterocycles. The Morgan fingerprint density at radius 2 is 1.75 bits per heavy atom. The lowest BCUT2D eigenvalue weighted by atomic mass is 9.89. The van der Waals surface area contributed by atoms with Crippen LogP contribution in [0.25, 0.3) is 21.7 Å². The van der Waals surface area contributed by atoms with Gasteiger partial charge < -0.3 is 14.4 Å². The molecule has 0 bridgehead atoms. The monoisotopic (exact) mass is 536 g/mol. The Labute approximate surface area is 231 Å². The topological polar surface area (TPSA) is 80.6 Å². The van der Waals surface area contributed by atoms with Crippen molar-refractivity contribution in [2.24, 2.45) is 0 Å². The van der Waals surface area contributed by atoms with E-state index in [0.717, 1.165) is 38.5 Å². The van der Waals surface area contributed by atoms with Gasteiger partial charge in [-0.1, -0.05) is 72.8 Å². The Bertz CT molecular complexity index is 1710. The van der Waals surface area contributed by atoms with Gasteiger partial charge in [-0.2, -0.15) is 0 Å². The van der Waals surface area contributed by atoms with Crippen molar-refractivity contribution in [2.75, 3.05) is 0 Å². The first-order valence-corrected chi connectivity index (χ1v) is 13.4. The molecule has 6 nitrogen and oxygen atoms in total. The van der Waals surface area contributed by atoms with Gasteiger partial charge in [0.05, 0.1) is 0 Å². The molecule has 0 fully saturated rings. The number of ether oxygens (including phenoxy) is 1. The summed E-state index contributed by atoms with van der Waals surface area (Å²) in [5.41, 5.74) is 4.29. The van der Waals surface area contributed by atoms with E-state index in [9.17, 15) is 19.1 Å². The highest BCUT2D eigenvalue weighted by molar-refractivity contribution is 5.91. The predicted octanol–water partition coefficient (Wildman–Crippen LogP) is 5.95. The number of rotatable bonds is 8. The summed E-state index contributed by atoms with van der Waals surface area (Å²) in [4.78, 5) is 25.3. The molecule has 2 N–H and O–H groups in total. The van der Waals surface area contributed by atoms with Gasteiger partial charge in [0.25, 0.3) is 0 Å². The van der Waals surface area contributed by atoms with E-state index in [0.29, 0.717) is 24.8 Å². The molecule has 1 unspecified atom stereocenters. The summed E-state index contributed by atoms with van der Waals surface area (Å²) in [5.74, 6) is -1.68. The van der Waals surface area contributed by atoms with Crippen LogP contribution in [0.2, 0.25) is 0 Å². The van der Waals surface area contributed by atoms with Crippen molar-refractivity contribution in [3.8, 4) is 0 Å². The molecule has 0 saturated carbocycles. The molecular formula is C33H29FN2O4. The first-order valence-electron chi connectivity index (χ1n) is 13.4. The summed E-state index contributed by atoms with van der Waals surface area (Å²) in [6.45, 7) is -0.0145. The standard InChI is InChI=1S/C33H29FN2O4/c34-23-13-15-29-27(17-23)28-18-24(14-16-30(28)36(29)19-31(37)38)35-32(33(39)40-20-21-7-2-1-3-8-21)26-12-6-10-22-9-4-5-11-25(22)26/h1-13,15,17,24,32,35H,14,16,18-20H2,(H,37,38)/t24-,32?/m0/s1. The SMILES string of the molecule is O=C(O)Cn1c2c(c3cc(F)ccc31)C[C@@H](NC(C(=O)OCc1ccccc1)c1cccc3ccccc13)CC2. The molecule has 0 aliphatic heterocycles. The molecule has 1 aliphatic rings. The summed E-state index contributed by atoms with van der Waals surface area (Å²) in [5, 5.41) is 15.8. The van der Waals surface area contributed by atoms with Gasteiger partial charge in [-0.15, -0.1) is 0 Å². The Morgan fingerprint density at radius 1 is 0.975 bits per heavy atom.